The molecule has 174 valence electrons. The van der Waals surface area contributed by atoms with Gasteiger partial charge in [-0.1, -0.05) is 54.4 Å². The summed E-state index contributed by atoms with van der Waals surface area (Å²) in [6.07, 6.45) is 0.913. The summed E-state index contributed by atoms with van der Waals surface area (Å²) in [5.74, 6) is -0.244. The molecule has 0 radical (unpaired) electrons. The van der Waals surface area contributed by atoms with Crippen LogP contribution < -0.4 is 5.73 Å². The number of hydrogen-bond acceptors (Lipinski definition) is 5. The van der Waals surface area contributed by atoms with E-state index in [1.807, 2.05) is 53.9 Å². The summed E-state index contributed by atoms with van der Waals surface area (Å²) in [6, 6.07) is 22.1. The Morgan fingerprint density at radius 1 is 0.943 bits per heavy atom. The lowest BCUT2D eigenvalue weighted by atomic mass is 10.1. The number of carbonyl (C=O) groups is 1. The molecular formula is C27H20Cl2N4OS. The topological polar surface area (TPSA) is 73.8 Å². The number of nitrogen functional groups attached to an aromatic ring is 1. The molecule has 0 saturated heterocycles. The third-order valence-corrected chi connectivity index (χ3v) is 7.03. The fourth-order valence-electron chi connectivity index (χ4n) is 3.74. The van der Waals surface area contributed by atoms with Gasteiger partial charge in [-0.15, -0.1) is 11.3 Å². The average Bonchev–Trinajstić information content (AvgIpc) is 3.49. The highest BCUT2D eigenvalue weighted by molar-refractivity contribution is 7.13. The van der Waals surface area contributed by atoms with Crippen LogP contribution in [0.4, 0.5) is 5.69 Å². The first-order valence-corrected chi connectivity index (χ1v) is 12.6. The number of nitrogens with zero attached hydrogens (tertiary/aromatic N) is 3. The number of aromatic nitrogens is 3. The molecule has 5 rings (SSSR count). The molecule has 5 aromatic rings. The largest absolute Gasteiger partial charge is 0.395 e. The van der Waals surface area contributed by atoms with Crippen LogP contribution in [-0.4, -0.2) is 20.5 Å². The van der Waals surface area contributed by atoms with Gasteiger partial charge >= 0.3 is 0 Å². The Labute approximate surface area is 216 Å². The summed E-state index contributed by atoms with van der Waals surface area (Å²) in [4.78, 5) is 18.3. The van der Waals surface area contributed by atoms with Gasteiger partial charge in [-0.05, 0) is 60.5 Å². The summed E-state index contributed by atoms with van der Waals surface area (Å²) in [7, 11) is 0. The van der Waals surface area contributed by atoms with Crippen molar-refractivity contribution in [3.8, 4) is 27.6 Å². The van der Waals surface area contributed by atoms with Crippen LogP contribution in [0, 0.1) is 0 Å². The van der Waals surface area contributed by atoms with Gasteiger partial charge in [0.1, 0.15) is 16.4 Å². The zero-order chi connectivity index (χ0) is 24.5. The summed E-state index contributed by atoms with van der Waals surface area (Å²) < 4.78 is 1.60. The molecule has 0 aliphatic rings. The van der Waals surface area contributed by atoms with Crippen molar-refractivity contribution in [2.45, 2.75) is 13.3 Å². The molecule has 0 unspecified atom stereocenters. The molecule has 2 heterocycles. The van der Waals surface area contributed by atoms with Gasteiger partial charge < -0.3 is 5.73 Å². The van der Waals surface area contributed by atoms with Gasteiger partial charge in [0, 0.05) is 26.6 Å². The maximum Gasteiger partial charge on any atom is 0.213 e. The van der Waals surface area contributed by atoms with Crippen LogP contribution in [0.3, 0.4) is 0 Å². The lowest BCUT2D eigenvalue weighted by molar-refractivity contribution is 0.103. The van der Waals surface area contributed by atoms with E-state index in [4.69, 9.17) is 39.0 Å². The first kappa shape index (κ1) is 23.3. The fraction of sp³-hybridized carbons (Fsp3) is 0.0741. The molecule has 0 amide bonds. The number of ketones is 1. The summed E-state index contributed by atoms with van der Waals surface area (Å²) >= 11 is 13.5. The van der Waals surface area contributed by atoms with Gasteiger partial charge in [0.15, 0.2) is 0 Å². The second kappa shape index (κ2) is 9.66. The van der Waals surface area contributed by atoms with Gasteiger partial charge in [-0.3, -0.25) is 4.79 Å². The highest BCUT2D eigenvalue weighted by Crippen LogP contribution is 2.35. The zero-order valence-corrected chi connectivity index (χ0v) is 21.0. The van der Waals surface area contributed by atoms with Crippen molar-refractivity contribution >= 4 is 46.0 Å². The number of nitrogens with two attached hydrogens (primary N) is 1. The van der Waals surface area contributed by atoms with E-state index < -0.39 is 0 Å². The quantitative estimate of drug-likeness (QED) is 0.238. The lowest BCUT2D eigenvalue weighted by Gasteiger charge is -2.08. The van der Waals surface area contributed by atoms with E-state index in [0.29, 0.717) is 26.3 Å². The Hall–Kier alpha value is -3.45. The Morgan fingerprint density at radius 2 is 1.57 bits per heavy atom. The molecule has 0 fully saturated rings. The summed E-state index contributed by atoms with van der Waals surface area (Å²) in [5.41, 5.74) is 11.7. The van der Waals surface area contributed by atoms with Gasteiger partial charge in [0.05, 0.1) is 17.1 Å². The first-order chi connectivity index (χ1) is 16.9. The van der Waals surface area contributed by atoms with E-state index in [1.165, 1.54) is 16.9 Å². The smallest absolute Gasteiger partial charge is 0.213 e. The molecule has 35 heavy (non-hydrogen) atoms. The van der Waals surface area contributed by atoms with Crippen LogP contribution in [0.5, 0.6) is 0 Å². The molecule has 0 saturated carbocycles. The Morgan fingerprint density at radius 3 is 2.20 bits per heavy atom. The number of aryl methyl sites for hydroxylation is 1. The molecule has 5 nitrogen and oxygen atoms in total. The highest BCUT2D eigenvalue weighted by atomic mass is 35.5. The number of rotatable bonds is 6. The molecule has 8 heteroatoms. The number of carbonyl (C=O) groups excluding carboxylic acids is 1. The molecule has 0 aliphatic heterocycles. The fourth-order valence-corrected chi connectivity index (χ4v) is 4.82. The van der Waals surface area contributed by atoms with Crippen molar-refractivity contribution in [2.24, 2.45) is 0 Å². The van der Waals surface area contributed by atoms with Crippen LogP contribution in [0.1, 0.15) is 28.5 Å². The van der Waals surface area contributed by atoms with E-state index >= 15 is 0 Å². The molecule has 0 atom stereocenters. The second-order valence-corrected chi connectivity index (χ2v) is 9.65. The minimum atomic E-state index is -0.244. The maximum atomic E-state index is 13.6. The third-order valence-electron chi connectivity index (χ3n) is 5.68. The van der Waals surface area contributed by atoms with Crippen molar-refractivity contribution < 1.29 is 4.79 Å². The van der Waals surface area contributed by atoms with E-state index in [0.717, 1.165) is 23.4 Å². The first-order valence-electron chi connectivity index (χ1n) is 10.9. The van der Waals surface area contributed by atoms with Crippen LogP contribution in [-0.2, 0) is 6.42 Å². The van der Waals surface area contributed by atoms with Crippen LogP contribution in [0.2, 0.25) is 10.0 Å². The SMILES string of the molecule is CCc1ccc(-n2nc(-c3nc(-c4ccc(Cl)cc4)cs3)c(N)c2C(=O)c2ccc(Cl)cc2)cc1. The summed E-state index contributed by atoms with van der Waals surface area (Å²) in [5, 5.41) is 8.54. The van der Waals surface area contributed by atoms with E-state index in [9.17, 15) is 4.79 Å². The van der Waals surface area contributed by atoms with Gasteiger partial charge in [0.25, 0.3) is 0 Å². The standard InChI is InChI=1S/C27H20Cl2N4OS/c1-2-16-3-13-21(14-4-16)33-25(26(34)18-7-11-20(29)12-8-18)23(30)24(32-33)27-31-22(15-35-27)17-5-9-19(28)10-6-17/h3-15H,2,30H2,1H3. The van der Waals surface area contributed by atoms with Crippen molar-refractivity contribution in [3.63, 3.8) is 0 Å². The monoisotopic (exact) mass is 518 g/mol. The number of thiazole rings is 1. The molecule has 0 bridgehead atoms. The highest BCUT2D eigenvalue weighted by Gasteiger charge is 2.26. The van der Waals surface area contributed by atoms with Crippen molar-refractivity contribution in [1.29, 1.82) is 0 Å². The summed E-state index contributed by atoms with van der Waals surface area (Å²) in [6.45, 7) is 2.09. The average molecular weight is 519 g/mol. The van der Waals surface area contributed by atoms with E-state index in [1.54, 1.807) is 28.9 Å². The van der Waals surface area contributed by atoms with Crippen molar-refractivity contribution in [3.05, 3.63) is 105 Å². The van der Waals surface area contributed by atoms with Gasteiger partial charge in [-0.25, -0.2) is 9.67 Å². The molecule has 2 aromatic heterocycles. The second-order valence-electron chi connectivity index (χ2n) is 7.92. The number of hydrogen-bond donors (Lipinski definition) is 1. The zero-order valence-electron chi connectivity index (χ0n) is 18.7. The molecule has 2 N–H and O–H groups in total. The minimum Gasteiger partial charge on any atom is -0.395 e. The number of halogens is 2. The predicted molar refractivity (Wildman–Crippen MR) is 144 cm³/mol. The van der Waals surface area contributed by atoms with Crippen molar-refractivity contribution in [1.82, 2.24) is 14.8 Å². The Balaban J connectivity index is 1.63. The van der Waals surface area contributed by atoms with E-state index in [2.05, 4.69) is 6.92 Å². The van der Waals surface area contributed by atoms with E-state index in [-0.39, 0.29) is 17.2 Å². The Kier molecular flexibility index (Phi) is 6.43. The van der Waals surface area contributed by atoms with Crippen LogP contribution in [0.25, 0.3) is 27.6 Å². The Bertz CT molecular complexity index is 1500. The number of benzene rings is 3. The third kappa shape index (κ3) is 4.60. The number of anilines is 1. The van der Waals surface area contributed by atoms with Gasteiger partial charge in [-0.2, -0.15) is 5.10 Å². The molecule has 0 aliphatic carbocycles. The molecular weight excluding hydrogens is 499 g/mol. The predicted octanol–water partition coefficient (Wildman–Crippen LogP) is 7.35. The normalized spacial score (nSPS) is 11.1. The lowest BCUT2D eigenvalue weighted by Crippen LogP contribution is -2.12. The minimum absolute atomic E-state index is 0.244. The van der Waals surface area contributed by atoms with Crippen LogP contribution >= 0.6 is 34.5 Å². The maximum absolute atomic E-state index is 13.6. The van der Waals surface area contributed by atoms with Crippen molar-refractivity contribution in [2.75, 3.05) is 5.73 Å². The molecule has 0 spiro atoms. The molecule has 3 aromatic carbocycles. The van der Waals surface area contributed by atoms with Crippen LogP contribution in [0.15, 0.2) is 78.2 Å². The van der Waals surface area contributed by atoms with Gasteiger partial charge in [0.2, 0.25) is 5.78 Å².